The van der Waals surface area contributed by atoms with E-state index < -0.39 is 0 Å². The molecule has 7 nitrogen and oxygen atoms in total. The van der Waals surface area contributed by atoms with Gasteiger partial charge < -0.3 is 9.15 Å². The first-order valence-electron chi connectivity index (χ1n) is 10.3. The zero-order chi connectivity index (χ0) is 23.5. The molecule has 0 N–H and O–H groups in total. The average Bonchev–Trinajstić information content (AvgIpc) is 3.34. The summed E-state index contributed by atoms with van der Waals surface area (Å²) >= 11 is 0. The topological polar surface area (TPSA) is 99.4 Å². The van der Waals surface area contributed by atoms with Crippen molar-refractivity contribution >= 4 is 11.9 Å². The molecule has 0 aliphatic carbocycles. The Hall–Kier alpha value is -4.35. The molecule has 4 aromatic rings. The van der Waals surface area contributed by atoms with E-state index in [0.717, 1.165) is 22.4 Å². The Morgan fingerprint density at radius 1 is 0.909 bits per heavy atom. The van der Waals surface area contributed by atoms with Gasteiger partial charge in [-0.2, -0.15) is 9.59 Å². The standard InChI is InChI=1S/C25H22N2O3.CO2/c1-18-7-13-22(26-15-18)24-16-27-25(30-24)23(28)14-12-19-8-10-20(11-9-19)17-29-21-5-3-2-4-6-21;2-1-3/h2-11,13,15-16H,12,14,17H2,1H3;. The van der Waals surface area contributed by atoms with Crippen LogP contribution in [0.25, 0.3) is 11.5 Å². The van der Waals surface area contributed by atoms with Crippen LogP contribution in [0.5, 0.6) is 5.75 Å². The molecule has 2 aromatic heterocycles. The second kappa shape index (κ2) is 11.9. The fourth-order valence-electron chi connectivity index (χ4n) is 2.99. The van der Waals surface area contributed by atoms with Crippen molar-refractivity contribution in [2.75, 3.05) is 0 Å². The third-order valence-electron chi connectivity index (χ3n) is 4.72. The van der Waals surface area contributed by atoms with Gasteiger partial charge in [-0.1, -0.05) is 48.5 Å². The van der Waals surface area contributed by atoms with Crippen molar-refractivity contribution in [3.63, 3.8) is 0 Å². The molecule has 166 valence electrons. The molecule has 0 amide bonds. The first-order chi connectivity index (χ1) is 16.1. The van der Waals surface area contributed by atoms with Crippen LogP contribution in [0.1, 0.15) is 33.8 Å². The van der Waals surface area contributed by atoms with Crippen LogP contribution in [0, 0.1) is 6.92 Å². The number of ketones is 1. The molecule has 0 bridgehead atoms. The van der Waals surface area contributed by atoms with Crippen molar-refractivity contribution < 1.29 is 23.5 Å². The zero-order valence-electron chi connectivity index (χ0n) is 18.1. The quantitative estimate of drug-likeness (QED) is 0.359. The second-order valence-electron chi connectivity index (χ2n) is 7.18. The molecule has 0 radical (unpaired) electrons. The monoisotopic (exact) mass is 442 g/mol. The molecule has 0 saturated carbocycles. The first-order valence-corrected chi connectivity index (χ1v) is 10.3. The number of aromatic nitrogens is 2. The molecule has 0 aliphatic rings. The molecule has 33 heavy (non-hydrogen) atoms. The largest absolute Gasteiger partial charge is 0.489 e. The summed E-state index contributed by atoms with van der Waals surface area (Å²) < 4.78 is 11.4. The lowest BCUT2D eigenvalue weighted by molar-refractivity contribution is -0.191. The van der Waals surface area contributed by atoms with E-state index in [2.05, 4.69) is 9.97 Å². The molecule has 2 aromatic carbocycles. The minimum atomic E-state index is -0.121. The van der Waals surface area contributed by atoms with E-state index in [0.29, 0.717) is 30.9 Å². The Balaban J connectivity index is 0.000000968. The number of Topliss-reactive ketones (excluding diaryl/α,β-unsaturated/α-hetero) is 1. The number of benzene rings is 2. The molecular formula is C26H22N2O5. The van der Waals surface area contributed by atoms with E-state index in [1.165, 1.54) is 0 Å². The minimum absolute atomic E-state index is 0.121. The van der Waals surface area contributed by atoms with Crippen LogP contribution in [-0.2, 0) is 22.6 Å². The van der Waals surface area contributed by atoms with Gasteiger partial charge in [0, 0.05) is 12.6 Å². The maximum absolute atomic E-state index is 12.4. The van der Waals surface area contributed by atoms with Gasteiger partial charge in [-0.3, -0.25) is 9.78 Å². The maximum Gasteiger partial charge on any atom is 0.373 e. The summed E-state index contributed by atoms with van der Waals surface area (Å²) in [6.45, 7) is 2.48. The summed E-state index contributed by atoms with van der Waals surface area (Å²) in [6, 6.07) is 21.6. The Kier molecular flexibility index (Phi) is 8.40. The van der Waals surface area contributed by atoms with Crippen LogP contribution >= 0.6 is 0 Å². The average molecular weight is 442 g/mol. The van der Waals surface area contributed by atoms with E-state index in [-0.39, 0.29) is 17.8 Å². The fourth-order valence-corrected chi connectivity index (χ4v) is 2.99. The van der Waals surface area contributed by atoms with Crippen molar-refractivity contribution in [3.05, 3.63) is 102 Å². The van der Waals surface area contributed by atoms with E-state index in [9.17, 15) is 4.79 Å². The van der Waals surface area contributed by atoms with Gasteiger partial charge in [0.15, 0.2) is 5.76 Å². The Morgan fingerprint density at radius 2 is 1.61 bits per heavy atom. The maximum atomic E-state index is 12.4. The van der Waals surface area contributed by atoms with Gasteiger partial charge in [0.2, 0.25) is 5.78 Å². The van der Waals surface area contributed by atoms with Crippen LogP contribution in [-0.4, -0.2) is 21.9 Å². The van der Waals surface area contributed by atoms with Crippen molar-refractivity contribution in [1.82, 2.24) is 9.97 Å². The predicted molar refractivity (Wildman–Crippen MR) is 119 cm³/mol. The van der Waals surface area contributed by atoms with Gasteiger partial charge in [0.25, 0.3) is 5.89 Å². The number of oxazole rings is 1. The van der Waals surface area contributed by atoms with Crippen molar-refractivity contribution in [3.8, 4) is 17.2 Å². The zero-order valence-corrected chi connectivity index (χ0v) is 18.1. The van der Waals surface area contributed by atoms with E-state index in [1.807, 2.05) is 73.7 Å². The summed E-state index contributed by atoms with van der Waals surface area (Å²) in [5.74, 6) is 1.35. The summed E-state index contributed by atoms with van der Waals surface area (Å²) in [6.07, 6.45) is 4.51. The third-order valence-corrected chi connectivity index (χ3v) is 4.72. The smallest absolute Gasteiger partial charge is 0.373 e. The summed E-state index contributed by atoms with van der Waals surface area (Å²) in [5.41, 5.74) is 3.89. The van der Waals surface area contributed by atoms with Crippen molar-refractivity contribution in [2.45, 2.75) is 26.4 Å². The highest BCUT2D eigenvalue weighted by Gasteiger charge is 2.15. The molecule has 0 saturated heterocycles. The summed E-state index contributed by atoms with van der Waals surface area (Å²) in [4.78, 5) is 37.1. The van der Waals surface area contributed by atoms with Crippen molar-refractivity contribution in [2.24, 2.45) is 0 Å². The lowest BCUT2D eigenvalue weighted by atomic mass is 10.1. The number of rotatable bonds is 8. The van der Waals surface area contributed by atoms with Crippen LogP contribution in [0.2, 0.25) is 0 Å². The number of carbonyl (C=O) groups excluding carboxylic acids is 3. The number of para-hydroxylation sites is 1. The van der Waals surface area contributed by atoms with E-state index in [1.54, 1.807) is 12.4 Å². The lowest BCUT2D eigenvalue weighted by Crippen LogP contribution is -2.02. The minimum Gasteiger partial charge on any atom is -0.489 e. The summed E-state index contributed by atoms with van der Waals surface area (Å²) in [5, 5.41) is 0. The third kappa shape index (κ3) is 7.09. The highest BCUT2D eigenvalue weighted by Crippen LogP contribution is 2.19. The van der Waals surface area contributed by atoms with Crippen LogP contribution in [0.15, 0.2) is 83.5 Å². The van der Waals surface area contributed by atoms with Crippen molar-refractivity contribution in [1.29, 1.82) is 0 Å². The lowest BCUT2D eigenvalue weighted by Gasteiger charge is -2.07. The SMILES string of the molecule is Cc1ccc(-c2cnc(C(=O)CCc3ccc(COc4ccccc4)cc3)o2)nc1.O=C=O. The number of aryl methyl sites for hydroxylation is 2. The number of pyridine rings is 1. The molecule has 0 aliphatic heterocycles. The first kappa shape index (κ1) is 23.3. The second-order valence-corrected chi connectivity index (χ2v) is 7.18. The molecule has 0 atom stereocenters. The Labute approximate surface area is 191 Å². The molecule has 2 heterocycles. The van der Waals surface area contributed by atoms with Crippen LogP contribution < -0.4 is 4.74 Å². The molecule has 4 rings (SSSR count). The number of hydrogen-bond acceptors (Lipinski definition) is 7. The summed E-state index contributed by atoms with van der Waals surface area (Å²) in [7, 11) is 0. The predicted octanol–water partition coefficient (Wildman–Crippen LogP) is 4.86. The Bertz CT molecular complexity index is 1190. The van der Waals surface area contributed by atoms with Gasteiger partial charge >= 0.3 is 6.15 Å². The van der Waals surface area contributed by atoms with E-state index >= 15 is 0 Å². The van der Waals surface area contributed by atoms with Gasteiger partial charge in [0.1, 0.15) is 18.1 Å². The highest BCUT2D eigenvalue weighted by atomic mass is 16.5. The molecule has 0 fully saturated rings. The Morgan fingerprint density at radius 3 is 2.27 bits per heavy atom. The molecule has 0 unspecified atom stereocenters. The normalized spacial score (nSPS) is 9.97. The van der Waals surface area contributed by atoms with Gasteiger partial charge in [-0.15, -0.1) is 0 Å². The van der Waals surface area contributed by atoms with E-state index in [4.69, 9.17) is 18.7 Å². The molecule has 7 heteroatoms. The highest BCUT2D eigenvalue weighted by molar-refractivity contribution is 5.92. The van der Waals surface area contributed by atoms with Gasteiger partial charge in [-0.05, 0) is 48.2 Å². The number of nitrogens with zero attached hydrogens (tertiary/aromatic N) is 2. The van der Waals surface area contributed by atoms with Crippen LogP contribution in [0.4, 0.5) is 0 Å². The van der Waals surface area contributed by atoms with Gasteiger partial charge in [0.05, 0.1) is 6.20 Å². The molecular weight excluding hydrogens is 420 g/mol. The van der Waals surface area contributed by atoms with Crippen LogP contribution in [0.3, 0.4) is 0 Å². The fraction of sp³-hybridized carbons (Fsp3) is 0.154. The molecule has 0 spiro atoms. The number of hydrogen-bond donors (Lipinski definition) is 0. The number of ether oxygens (including phenoxy) is 1. The number of carbonyl (C=O) groups is 1. The van der Waals surface area contributed by atoms with Gasteiger partial charge in [-0.25, -0.2) is 4.98 Å².